The van der Waals surface area contributed by atoms with Crippen molar-refractivity contribution in [1.82, 2.24) is 29.9 Å². The van der Waals surface area contributed by atoms with Crippen molar-refractivity contribution in [3.63, 3.8) is 0 Å². The normalized spacial score (nSPS) is 22.2. The molecule has 3 aromatic heterocycles. The van der Waals surface area contributed by atoms with E-state index in [2.05, 4.69) is 34.1 Å². The van der Waals surface area contributed by atoms with E-state index in [1.165, 1.54) is 22.9 Å². The molecule has 2 bridgehead atoms. The van der Waals surface area contributed by atoms with Crippen LogP contribution in [0.2, 0.25) is 0 Å². The van der Waals surface area contributed by atoms with E-state index < -0.39 is 17.0 Å². The molecular weight excluding hydrogens is 438 g/mol. The second kappa shape index (κ2) is 7.20. The lowest BCUT2D eigenvalue weighted by Crippen LogP contribution is -2.38. The van der Waals surface area contributed by atoms with Gasteiger partial charge in [0.05, 0.1) is 40.9 Å². The highest BCUT2D eigenvalue weighted by molar-refractivity contribution is 5.64. The van der Waals surface area contributed by atoms with Crippen molar-refractivity contribution in [3.05, 3.63) is 83.1 Å². The van der Waals surface area contributed by atoms with Crippen LogP contribution in [-0.2, 0) is 12.0 Å². The number of halogens is 2. The smallest absolute Gasteiger partial charge is 0.250 e. The molecule has 0 amide bonds. The molecule has 0 radical (unpaired) electrons. The third-order valence-corrected chi connectivity index (χ3v) is 7.70. The van der Waals surface area contributed by atoms with Gasteiger partial charge < -0.3 is 5.11 Å². The van der Waals surface area contributed by atoms with Gasteiger partial charge in [0.2, 0.25) is 0 Å². The molecule has 34 heavy (non-hydrogen) atoms. The Morgan fingerprint density at radius 1 is 1.15 bits per heavy atom. The largest absolute Gasteiger partial charge is 0.392 e. The Bertz CT molecular complexity index is 1410. The van der Waals surface area contributed by atoms with Crippen molar-refractivity contribution in [1.29, 1.82) is 0 Å². The first-order valence-electron chi connectivity index (χ1n) is 11.2. The summed E-state index contributed by atoms with van der Waals surface area (Å²) in [6.07, 6.45) is 6.70. The molecule has 6 rings (SSSR count). The Hall–Kier alpha value is -3.59. The summed E-state index contributed by atoms with van der Waals surface area (Å²) in [6.45, 7) is 4.26. The fourth-order valence-electron chi connectivity index (χ4n) is 6.00. The van der Waals surface area contributed by atoms with Gasteiger partial charge in [-0.25, -0.2) is 23.4 Å². The summed E-state index contributed by atoms with van der Waals surface area (Å²) < 4.78 is 30.4. The predicted octanol–water partition coefficient (Wildman–Crippen LogP) is 4.09. The van der Waals surface area contributed by atoms with E-state index >= 15 is 0 Å². The third kappa shape index (κ3) is 2.67. The molecule has 172 valence electrons. The van der Waals surface area contributed by atoms with Gasteiger partial charge in [0.25, 0.3) is 5.95 Å². The summed E-state index contributed by atoms with van der Waals surface area (Å²) in [4.78, 5) is 9.24. The van der Waals surface area contributed by atoms with E-state index in [1.807, 2.05) is 6.07 Å². The first-order chi connectivity index (χ1) is 16.4. The van der Waals surface area contributed by atoms with Gasteiger partial charge in [-0.1, -0.05) is 19.9 Å². The molecule has 0 spiro atoms. The standard InChI is InChI=1S/C25H22F2N6O/c1-24(2)16-6-8-25(24,20-7-9-28-23(30-20)33-12-14(13-34)11-29-33)22-15(16)10-19(31-32-22)21-17(26)4-3-5-18(21)27/h3-5,7,9-12,16,34H,6,8,13H2,1-2H3/t16-,25-/m0/s1. The summed E-state index contributed by atoms with van der Waals surface area (Å²) in [6, 6.07) is 7.48. The minimum absolute atomic E-state index is 0.119. The molecule has 0 aliphatic heterocycles. The fourth-order valence-corrected chi connectivity index (χ4v) is 6.00. The highest BCUT2D eigenvalue weighted by atomic mass is 19.1. The summed E-state index contributed by atoms with van der Waals surface area (Å²) in [5.74, 6) is -0.769. The zero-order valence-corrected chi connectivity index (χ0v) is 18.7. The molecule has 1 N–H and O–H groups in total. The molecule has 2 atom stereocenters. The van der Waals surface area contributed by atoms with Crippen molar-refractivity contribution in [3.8, 4) is 17.2 Å². The lowest BCUT2D eigenvalue weighted by atomic mass is 9.66. The van der Waals surface area contributed by atoms with Gasteiger partial charge in [-0.3, -0.25) is 0 Å². The number of hydrogen-bond acceptors (Lipinski definition) is 6. The predicted molar refractivity (Wildman–Crippen MR) is 119 cm³/mol. The number of rotatable bonds is 4. The van der Waals surface area contributed by atoms with Crippen LogP contribution in [0.3, 0.4) is 0 Å². The second-order valence-electron chi connectivity index (χ2n) is 9.54. The number of aromatic nitrogens is 6. The van der Waals surface area contributed by atoms with Crippen LogP contribution in [0.1, 0.15) is 55.1 Å². The highest BCUT2D eigenvalue weighted by Gasteiger charge is 2.65. The first-order valence-corrected chi connectivity index (χ1v) is 11.2. The number of aliphatic hydroxyl groups excluding tert-OH is 1. The molecule has 0 saturated heterocycles. The topological polar surface area (TPSA) is 89.6 Å². The van der Waals surface area contributed by atoms with Gasteiger partial charge in [0, 0.05) is 18.0 Å². The number of aliphatic hydroxyl groups is 1. The molecule has 1 aromatic carbocycles. The lowest BCUT2D eigenvalue weighted by molar-refractivity contribution is 0.242. The Labute approximate surface area is 194 Å². The summed E-state index contributed by atoms with van der Waals surface area (Å²) in [5.41, 5.74) is 2.52. The molecule has 4 aromatic rings. The minimum atomic E-state index is -0.659. The molecule has 7 nitrogen and oxygen atoms in total. The van der Waals surface area contributed by atoms with Crippen molar-refractivity contribution >= 4 is 0 Å². The monoisotopic (exact) mass is 460 g/mol. The molecular formula is C25H22F2N6O. The van der Waals surface area contributed by atoms with E-state index in [1.54, 1.807) is 24.7 Å². The Morgan fingerprint density at radius 3 is 2.68 bits per heavy atom. The second-order valence-corrected chi connectivity index (χ2v) is 9.54. The van der Waals surface area contributed by atoms with Gasteiger partial charge >= 0.3 is 0 Å². The molecule has 1 fully saturated rings. The van der Waals surface area contributed by atoms with Crippen LogP contribution < -0.4 is 0 Å². The number of benzene rings is 1. The molecule has 0 unspecified atom stereocenters. The molecule has 1 saturated carbocycles. The SMILES string of the molecule is CC1(C)[C@H]2CC[C@]1(c1ccnc(-n3cc(CO)cn3)n1)c1nnc(-c3c(F)cccc3F)cc12. The van der Waals surface area contributed by atoms with Crippen LogP contribution in [0.15, 0.2) is 48.9 Å². The van der Waals surface area contributed by atoms with E-state index in [9.17, 15) is 13.9 Å². The van der Waals surface area contributed by atoms with Gasteiger partial charge in [-0.2, -0.15) is 10.2 Å². The molecule has 2 aliphatic carbocycles. The lowest BCUT2D eigenvalue weighted by Gasteiger charge is -2.37. The van der Waals surface area contributed by atoms with Crippen molar-refractivity contribution in [2.75, 3.05) is 0 Å². The van der Waals surface area contributed by atoms with E-state index in [4.69, 9.17) is 4.98 Å². The third-order valence-electron chi connectivity index (χ3n) is 7.70. The summed E-state index contributed by atoms with van der Waals surface area (Å²) in [7, 11) is 0. The van der Waals surface area contributed by atoms with E-state index in [-0.39, 0.29) is 29.2 Å². The maximum atomic E-state index is 14.5. The Balaban J connectivity index is 1.51. The Kier molecular flexibility index (Phi) is 4.44. The maximum Gasteiger partial charge on any atom is 0.250 e. The minimum Gasteiger partial charge on any atom is -0.392 e. The molecule has 2 aliphatic rings. The van der Waals surface area contributed by atoms with Gasteiger partial charge in [-0.15, -0.1) is 5.10 Å². The molecule has 9 heteroatoms. The van der Waals surface area contributed by atoms with Crippen LogP contribution in [0.25, 0.3) is 17.2 Å². The highest BCUT2D eigenvalue weighted by Crippen LogP contribution is 2.69. The average molecular weight is 460 g/mol. The zero-order valence-electron chi connectivity index (χ0n) is 18.7. The van der Waals surface area contributed by atoms with E-state index in [0.717, 1.165) is 29.8 Å². The summed E-state index contributed by atoms with van der Waals surface area (Å²) in [5, 5.41) is 22.5. The fraction of sp³-hybridized carbons (Fsp3) is 0.320. The average Bonchev–Trinajstić information content (AvgIpc) is 3.47. The number of hydrogen-bond donors (Lipinski definition) is 1. The number of fused-ring (bicyclic) bond motifs is 5. The van der Waals surface area contributed by atoms with Crippen molar-refractivity contribution in [2.24, 2.45) is 5.41 Å². The number of nitrogens with zero attached hydrogens (tertiary/aromatic N) is 6. The van der Waals surface area contributed by atoms with Crippen LogP contribution >= 0.6 is 0 Å². The maximum absolute atomic E-state index is 14.5. The summed E-state index contributed by atoms with van der Waals surface area (Å²) >= 11 is 0. The van der Waals surface area contributed by atoms with Crippen LogP contribution in [0, 0.1) is 17.0 Å². The zero-order chi connectivity index (χ0) is 23.7. The van der Waals surface area contributed by atoms with Gasteiger partial charge in [0.15, 0.2) is 0 Å². The van der Waals surface area contributed by atoms with Crippen LogP contribution in [0.4, 0.5) is 8.78 Å². The van der Waals surface area contributed by atoms with Crippen LogP contribution in [-0.4, -0.2) is 35.1 Å². The quantitative estimate of drug-likeness (QED) is 0.493. The molecule has 3 heterocycles. The van der Waals surface area contributed by atoms with Crippen molar-refractivity contribution in [2.45, 2.75) is 44.6 Å². The first kappa shape index (κ1) is 21.0. The van der Waals surface area contributed by atoms with Gasteiger partial charge in [-0.05, 0) is 54.0 Å². The van der Waals surface area contributed by atoms with Crippen molar-refractivity contribution < 1.29 is 13.9 Å². The Morgan fingerprint density at radius 2 is 1.94 bits per heavy atom. The van der Waals surface area contributed by atoms with Gasteiger partial charge in [0.1, 0.15) is 11.6 Å². The van der Waals surface area contributed by atoms with E-state index in [0.29, 0.717) is 11.5 Å². The van der Waals surface area contributed by atoms with Crippen LogP contribution in [0.5, 0.6) is 0 Å².